The van der Waals surface area contributed by atoms with Crippen LogP contribution in [-0.2, 0) is 4.79 Å². The second kappa shape index (κ2) is 11.2. The lowest BCUT2D eigenvalue weighted by molar-refractivity contribution is -0.116. The zero-order valence-corrected chi connectivity index (χ0v) is 22.6. The maximum Gasteiger partial charge on any atom is 0.226 e. The molecule has 4 aromatic rings. The van der Waals surface area contributed by atoms with Crippen molar-refractivity contribution < 1.29 is 13.9 Å². The number of halogens is 1. The molecule has 5 rings (SSSR count). The standard InChI is InChI=1S/C29H27ClN4O3S/c1-18-10-11-19(17-20(18)30)23-12-13-25(37-23)28-27(22-8-5-6-15-31-22)33-29(38)34(28)16-14-26(35)32-21-7-3-4-9-24(21)36-2/h3-13,15,17,27-28H,14,16H2,1-2H3,(H,32,35)(H,33,38)/t27-,28+/m1/s1. The van der Waals surface area contributed by atoms with Gasteiger partial charge >= 0.3 is 0 Å². The number of amides is 1. The molecule has 0 saturated carbocycles. The van der Waals surface area contributed by atoms with Crippen molar-refractivity contribution in [3.8, 4) is 17.1 Å². The first-order valence-corrected chi connectivity index (χ1v) is 13.0. The number of aromatic nitrogens is 1. The van der Waals surface area contributed by atoms with Crippen LogP contribution in [0.2, 0.25) is 5.02 Å². The van der Waals surface area contributed by atoms with Crippen molar-refractivity contribution in [2.45, 2.75) is 25.4 Å². The zero-order valence-electron chi connectivity index (χ0n) is 21.0. The number of thiocarbonyl (C=S) groups is 1. The number of carbonyl (C=O) groups excluding carboxylic acids is 1. The highest BCUT2D eigenvalue weighted by molar-refractivity contribution is 7.80. The zero-order chi connectivity index (χ0) is 26.6. The van der Waals surface area contributed by atoms with E-state index in [0.29, 0.717) is 39.6 Å². The lowest BCUT2D eigenvalue weighted by Gasteiger charge is -2.26. The molecule has 2 aromatic heterocycles. The number of ether oxygens (including phenoxy) is 1. The van der Waals surface area contributed by atoms with Gasteiger partial charge in [-0.3, -0.25) is 9.78 Å². The van der Waals surface area contributed by atoms with Gasteiger partial charge in [0, 0.05) is 29.7 Å². The summed E-state index contributed by atoms with van der Waals surface area (Å²) >= 11 is 12.1. The highest BCUT2D eigenvalue weighted by atomic mass is 35.5. The number of rotatable bonds is 8. The van der Waals surface area contributed by atoms with Crippen LogP contribution in [-0.4, -0.2) is 34.6 Å². The number of hydrogen-bond acceptors (Lipinski definition) is 5. The molecule has 0 bridgehead atoms. The van der Waals surface area contributed by atoms with Crippen molar-refractivity contribution in [2.24, 2.45) is 0 Å². The SMILES string of the molecule is COc1ccccc1NC(=O)CCN1C(=S)N[C@H](c2ccccn2)[C@@H]1c1ccc(-c2ccc(C)c(Cl)c2)o1. The van der Waals surface area contributed by atoms with Crippen LogP contribution < -0.4 is 15.4 Å². The summed E-state index contributed by atoms with van der Waals surface area (Å²) in [5.41, 5.74) is 3.34. The van der Waals surface area contributed by atoms with E-state index in [0.717, 1.165) is 16.8 Å². The normalized spacial score (nSPS) is 16.8. The lowest BCUT2D eigenvalue weighted by Crippen LogP contribution is -2.32. The predicted octanol–water partition coefficient (Wildman–Crippen LogP) is 6.31. The molecule has 0 aliphatic carbocycles. The first-order valence-electron chi connectivity index (χ1n) is 12.2. The molecule has 9 heteroatoms. The molecule has 0 spiro atoms. The van der Waals surface area contributed by atoms with Crippen LogP contribution in [0.15, 0.2) is 83.4 Å². The van der Waals surface area contributed by atoms with E-state index in [1.54, 1.807) is 25.4 Å². The van der Waals surface area contributed by atoms with Crippen molar-refractivity contribution in [1.82, 2.24) is 15.2 Å². The number of nitrogens with zero attached hydrogens (tertiary/aromatic N) is 2. The van der Waals surface area contributed by atoms with E-state index >= 15 is 0 Å². The topological polar surface area (TPSA) is 79.6 Å². The molecular formula is C29H27ClN4O3S. The van der Waals surface area contributed by atoms with E-state index in [4.69, 9.17) is 33.0 Å². The molecule has 1 saturated heterocycles. The van der Waals surface area contributed by atoms with Crippen LogP contribution >= 0.6 is 23.8 Å². The first-order chi connectivity index (χ1) is 18.4. The van der Waals surface area contributed by atoms with Gasteiger partial charge in [-0.05, 0) is 67.2 Å². The van der Waals surface area contributed by atoms with Crippen molar-refractivity contribution in [3.63, 3.8) is 0 Å². The second-order valence-corrected chi connectivity index (χ2v) is 9.78. The smallest absolute Gasteiger partial charge is 0.226 e. The minimum absolute atomic E-state index is 0.147. The van der Waals surface area contributed by atoms with Crippen LogP contribution in [0, 0.1) is 6.92 Å². The second-order valence-electron chi connectivity index (χ2n) is 8.98. The molecule has 1 fully saturated rings. The summed E-state index contributed by atoms with van der Waals surface area (Å²) < 4.78 is 11.7. The molecule has 194 valence electrons. The molecule has 1 aliphatic rings. The van der Waals surface area contributed by atoms with Gasteiger partial charge in [0.05, 0.1) is 24.5 Å². The van der Waals surface area contributed by atoms with Crippen LogP contribution in [0.4, 0.5) is 5.69 Å². The first kappa shape index (κ1) is 25.8. The molecule has 2 N–H and O–H groups in total. The summed E-state index contributed by atoms with van der Waals surface area (Å²) in [6, 6.07) is 22.3. The number of benzene rings is 2. The van der Waals surface area contributed by atoms with Crippen LogP contribution in [0.25, 0.3) is 11.3 Å². The van der Waals surface area contributed by atoms with Crippen molar-refractivity contribution in [2.75, 3.05) is 19.0 Å². The Morgan fingerprint density at radius 3 is 2.74 bits per heavy atom. The Balaban J connectivity index is 1.40. The summed E-state index contributed by atoms with van der Waals surface area (Å²) in [5, 5.41) is 7.53. The summed E-state index contributed by atoms with van der Waals surface area (Å²) in [4.78, 5) is 19.4. The number of furan rings is 1. The molecule has 0 unspecified atom stereocenters. The van der Waals surface area contributed by atoms with Gasteiger partial charge in [-0.2, -0.15) is 0 Å². The number of methoxy groups -OCH3 is 1. The van der Waals surface area contributed by atoms with Gasteiger partial charge in [-0.15, -0.1) is 0 Å². The Hall–Kier alpha value is -3.88. The molecule has 1 amide bonds. The number of nitrogens with one attached hydrogen (secondary N) is 2. The van der Waals surface area contributed by atoms with Gasteiger partial charge < -0.3 is 24.7 Å². The molecule has 7 nitrogen and oxygen atoms in total. The summed E-state index contributed by atoms with van der Waals surface area (Å²) in [6.45, 7) is 2.34. The monoisotopic (exact) mass is 546 g/mol. The van der Waals surface area contributed by atoms with E-state index < -0.39 is 0 Å². The Kier molecular flexibility index (Phi) is 7.62. The van der Waals surface area contributed by atoms with Crippen molar-refractivity contribution in [1.29, 1.82) is 0 Å². The Morgan fingerprint density at radius 1 is 1.16 bits per heavy atom. The summed E-state index contributed by atoms with van der Waals surface area (Å²) in [6.07, 6.45) is 1.97. The van der Waals surface area contributed by atoms with E-state index in [2.05, 4.69) is 15.6 Å². The lowest BCUT2D eigenvalue weighted by atomic mass is 10.0. The van der Waals surface area contributed by atoms with Crippen molar-refractivity contribution in [3.05, 3.63) is 101 Å². The molecule has 38 heavy (non-hydrogen) atoms. The number of aryl methyl sites for hydroxylation is 1. The molecular weight excluding hydrogens is 520 g/mol. The average molecular weight is 547 g/mol. The fourth-order valence-corrected chi connectivity index (χ4v) is 5.06. The third-order valence-corrected chi connectivity index (χ3v) is 7.29. The van der Waals surface area contributed by atoms with Crippen LogP contribution in [0.1, 0.15) is 35.5 Å². The summed E-state index contributed by atoms with van der Waals surface area (Å²) in [7, 11) is 1.57. The van der Waals surface area contributed by atoms with Crippen molar-refractivity contribution >= 4 is 40.5 Å². The largest absolute Gasteiger partial charge is 0.495 e. The van der Waals surface area contributed by atoms with Gasteiger partial charge in [-0.25, -0.2) is 0 Å². The molecule has 3 heterocycles. The van der Waals surface area contributed by atoms with Gasteiger partial charge in [0.25, 0.3) is 0 Å². The number of anilines is 1. The van der Waals surface area contributed by atoms with Gasteiger partial charge in [0.1, 0.15) is 23.3 Å². The van der Waals surface area contributed by atoms with E-state index in [9.17, 15) is 4.79 Å². The quantitative estimate of drug-likeness (QED) is 0.251. The third-order valence-electron chi connectivity index (χ3n) is 6.53. The maximum absolute atomic E-state index is 12.9. The van der Waals surface area contributed by atoms with E-state index in [1.165, 1.54) is 0 Å². The van der Waals surface area contributed by atoms with Crippen LogP contribution in [0.5, 0.6) is 5.75 Å². The van der Waals surface area contributed by atoms with Gasteiger partial charge in [0.2, 0.25) is 5.91 Å². The van der Waals surface area contributed by atoms with E-state index in [1.807, 2.05) is 72.5 Å². The number of pyridine rings is 1. The average Bonchev–Trinajstić information content (AvgIpc) is 3.54. The Bertz CT molecular complexity index is 1460. The summed E-state index contributed by atoms with van der Waals surface area (Å²) in [5.74, 6) is 1.87. The highest BCUT2D eigenvalue weighted by Gasteiger charge is 2.41. The van der Waals surface area contributed by atoms with Gasteiger partial charge in [-0.1, -0.05) is 41.9 Å². The molecule has 2 aromatic carbocycles. The highest BCUT2D eigenvalue weighted by Crippen LogP contribution is 2.40. The number of carbonyl (C=O) groups is 1. The van der Waals surface area contributed by atoms with E-state index in [-0.39, 0.29) is 24.4 Å². The van der Waals surface area contributed by atoms with Crippen LogP contribution in [0.3, 0.4) is 0 Å². The molecule has 1 aliphatic heterocycles. The van der Waals surface area contributed by atoms with Gasteiger partial charge in [0.15, 0.2) is 5.11 Å². The predicted molar refractivity (Wildman–Crippen MR) is 152 cm³/mol. The third kappa shape index (κ3) is 5.37. The molecule has 0 radical (unpaired) electrons. The fraction of sp³-hybridized carbons (Fsp3) is 0.207. The minimum atomic E-state index is -0.300. The fourth-order valence-electron chi connectivity index (χ4n) is 4.55. The molecule has 2 atom stereocenters. The number of hydrogen-bond donors (Lipinski definition) is 2. The minimum Gasteiger partial charge on any atom is -0.495 e. The number of para-hydroxylation sites is 2. The maximum atomic E-state index is 12.9. The Morgan fingerprint density at radius 2 is 1.97 bits per heavy atom. The Labute approximate surface area is 231 Å².